The highest BCUT2D eigenvalue weighted by atomic mass is 19.1. The molecule has 0 radical (unpaired) electrons. The molecule has 70 valence electrons. The van der Waals surface area contributed by atoms with Crippen LogP contribution in [0.1, 0.15) is 13.8 Å². The molecule has 1 aliphatic carbocycles. The fourth-order valence-electron chi connectivity index (χ4n) is 1.66. The van der Waals surface area contributed by atoms with Crippen molar-refractivity contribution < 1.29 is 14.3 Å². The van der Waals surface area contributed by atoms with E-state index in [0.717, 1.165) is 6.08 Å². The summed E-state index contributed by atoms with van der Waals surface area (Å²) in [6, 6.07) is 1.34. The molecule has 3 nitrogen and oxygen atoms in total. The van der Waals surface area contributed by atoms with Crippen molar-refractivity contribution in [3.63, 3.8) is 0 Å². The van der Waals surface area contributed by atoms with Gasteiger partial charge in [-0.25, -0.2) is 0 Å². The maximum Gasteiger partial charge on any atom is 0.307 e. The van der Waals surface area contributed by atoms with Gasteiger partial charge in [-0.15, -0.1) is 0 Å². The van der Waals surface area contributed by atoms with E-state index in [1.54, 1.807) is 13.8 Å². The van der Waals surface area contributed by atoms with Crippen LogP contribution in [-0.4, -0.2) is 11.1 Å². The Balaban J connectivity index is 2.79. The van der Waals surface area contributed by atoms with Crippen LogP contribution in [0.2, 0.25) is 0 Å². The van der Waals surface area contributed by atoms with Gasteiger partial charge in [0, 0.05) is 5.92 Å². The van der Waals surface area contributed by atoms with E-state index in [0.29, 0.717) is 0 Å². The molecule has 4 heteroatoms. The van der Waals surface area contributed by atoms with Gasteiger partial charge in [-0.3, -0.25) is 4.79 Å². The van der Waals surface area contributed by atoms with E-state index in [1.165, 1.54) is 6.07 Å². The monoisotopic (exact) mass is 183 g/mol. The Morgan fingerprint density at radius 2 is 2.23 bits per heavy atom. The van der Waals surface area contributed by atoms with Crippen LogP contribution in [0, 0.1) is 28.6 Å². The number of carboxylic acid groups (broad SMARTS) is 1. The number of allylic oxidation sites excluding steroid dienone is 2. The summed E-state index contributed by atoms with van der Waals surface area (Å²) < 4.78 is 12.5. The molecule has 1 aliphatic rings. The van der Waals surface area contributed by atoms with Crippen molar-refractivity contribution in [3.05, 3.63) is 11.9 Å². The van der Waals surface area contributed by atoms with Gasteiger partial charge in [0.05, 0.1) is 5.92 Å². The van der Waals surface area contributed by atoms with Crippen molar-refractivity contribution in [1.82, 2.24) is 0 Å². The van der Waals surface area contributed by atoms with Crippen molar-refractivity contribution in [2.75, 3.05) is 0 Å². The molecule has 0 amide bonds. The summed E-state index contributed by atoms with van der Waals surface area (Å²) in [5.41, 5.74) is -0.431. The van der Waals surface area contributed by atoms with Gasteiger partial charge in [0.1, 0.15) is 6.07 Å². The molecular weight excluding hydrogens is 173 g/mol. The van der Waals surface area contributed by atoms with Crippen LogP contribution in [0.3, 0.4) is 0 Å². The molecule has 2 atom stereocenters. The Morgan fingerprint density at radius 3 is 2.54 bits per heavy atom. The molecule has 0 aliphatic heterocycles. The Labute approximate surface area is 75.5 Å². The lowest BCUT2D eigenvalue weighted by molar-refractivity contribution is -0.139. The second-order valence-electron chi connectivity index (χ2n) is 3.79. The Kier molecular flexibility index (Phi) is 2.12. The zero-order valence-corrected chi connectivity index (χ0v) is 7.41. The van der Waals surface area contributed by atoms with Gasteiger partial charge in [-0.05, 0) is 11.5 Å². The van der Waals surface area contributed by atoms with Crippen LogP contribution in [0.4, 0.5) is 4.39 Å². The average Bonchev–Trinajstić information content (AvgIpc) is 2.53. The third-order valence-electron chi connectivity index (χ3n) is 2.61. The predicted molar refractivity (Wildman–Crippen MR) is 43.2 cm³/mol. The molecule has 0 aromatic carbocycles. The van der Waals surface area contributed by atoms with Crippen LogP contribution in [-0.2, 0) is 4.79 Å². The minimum atomic E-state index is -0.933. The van der Waals surface area contributed by atoms with Crippen molar-refractivity contribution >= 4 is 5.97 Å². The maximum absolute atomic E-state index is 12.5. The molecule has 0 heterocycles. The summed E-state index contributed by atoms with van der Waals surface area (Å²) in [6.45, 7) is 3.50. The van der Waals surface area contributed by atoms with Gasteiger partial charge >= 0.3 is 5.97 Å². The molecule has 1 fully saturated rings. The van der Waals surface area contributed by atoms with E-state index in [9.17, 15) is 9.18 Å². The van der Waals surface area contributed by atoms with Crippen LogP contribution >= 0.6 is 0 Å². The fourth-order valence-corrected chi connectivity index (χ4v) is 1.66. The van der Waals surface area contributed by atoms with Gasteiger partial charge < -0.3 is 5.11 Å². The van der Waals surface area contributed by atoms with E-state index in [2.05, 4.69) is 0 Å². The number of halogens is 1. The lowest BCUT2D eigenvalue weighted by atomic mass is 10.1. The number of rotatable bonds is 2. The first kappa shape index (κ1) is 9.72. The quantitative estimate of drug-likeness (QED) is 0.663. The molecule has 0 aromatic heterocycles. The van der Waals surface area contributed by atoms with Crippen molar-refractivity contribution in [2.24, 2.45) is 17.3 Å². The number of carbonyl (C=O) groups is 1. The van der Waals surface area contributed by atoms with Gasteiger partial charge in [-0.1, -0.05) is 13.8 Å². The first-order valence-electron chi connectivity index (χ1n) is 3.91. The van der Waals surface area contributed by atoms with Gasteiger partial charge in [0.15, 0.2) is 5.83 Å². The summed E-state index contributed by atoms with van der Waals surface area (Å²) in [5, 5.41) is 16.9. The normalized spacial score (nSPS) is 30.8. The first-order valence-corrected chi connectivity index (χ1v) is 3.91. The minimum absolute atomic E-state index is 0.357. The average molecular weight is 183 g/mol. The number of hydrogen-bond donors (Lipinski definition) is 1. The zero-order valence-electron chi connectivity index (χ0n) is 7.41. The number of aliphatic carboxylic acids is 1. The van der Waals surface area contributed by atoms with Crippen molar-refractivity contribution in [3.8, 4) is 6.07 Å². The van der Waals surface area contributed by atoms with Crippen LogP contribution in [0.5, 0.6) is 0 Å². The van der Waals surface area contributed by atoms with E-state index in [-0.39, 0.29) is 5.92 Å². The summed E-state index contributed by atoms with van der Waals surface area (Å²) in [6.07, 6.45) is 1.10. The highest BCUT2D eigenvalue weighted by molar-refractivity contribution is 5.76. The van der Waals surface area contributed by atoms with E-state index < -0.39 is 23.1 Å². The van der Waals surface area contributed by atoms with Gasteiger partial charge in [0.2, 0.25) is 0 Å². The van der Waals surface area contributed by atoms with Crippen molar-refractivity contribution in [2.45, 2.75) is 13.8 Å². The highest BCUT2D eigenvalue weighted by Crippen LogP contribution is 2.59. The molecule has 0 saturated heterocycles. The van der Waals surface area contributed by atoms with Crippen LogP contribution in [0.25, 0.3) is 0 Å². The maximum atomic E-state index is 12.5. The summed E-state index contributed by atoms with van der Waals surface area (Å²) >= 11 is 0. The molecular formula is C9H10FNO2. The number of hydrogen-bond acceptors (Lipinski definition) is 2. The molecule has 1 saturated carbocycles. The lowest BCUT2D eigenvalue weighted by Gasteiger charge is -1.95. The van der Waals surface area contributed by atoms with E-state index in [4.69, 9.17) is 10.4 Å². The summed E-state index contributed by atoms with van der Waals surface area (Å²) in [5.74, 6) is -2.75. The Morgan fingerprint density at radius 1 is 1.69 bits per heavy atom. The smallest absolute Gasteiger partial charge is 0.307 e. The number of nitriles is 1. The summed E-state index contributed by atoms with van der Waals surface area (Å²) in [7, 11) is 0. The Bertz CT molecular complexity index is 314. The number of nitrogens with zero attached hydrogens (tertiary/aromatic N) is 1. The second-order valence-corrected chi connectivity index (χ2v) is 3.79. The number of carboxylic acids is 1. The fraction of sp³-hybridized carbons (Fsp3) is 0.556. The Hall–Kier alpha value is -1.37. The van der Waals surface area contributed by atoms with Crippen molar-refractivity contribution in [1.29, 1.82) is 5.26 Å². The topological polar surface area (TPSA) is 61.1 Å². The predicted octanol–water partition coefficient (Wildman–Crippen LogP) is 1.72. The van der Waals surface area contributed by atoms with Crippen LogP contribution in [0.15, 0.2) is 11.9 Å². The molecule has 1 N–H and O–H groups in total. The van der Waals surface area contributed by atoms with E-state index >= 15 is 0 Å². The third kappa shape index (κ3) is 1.55. The molecule has 0 bridgehead atoms. The molecule has 0 spiro atoms. The minimum Gasteiger partial charge on any atom is -0.481 e. The van der Waals surface area contributed by atoms with Crippen LogP contribution < -0.4 is 0 Å². The largest absolute Gasteiger partial charge is 0.481 e. The molecule has 1 rings (SSSR count). The third-order valence-corrected chi connectivity index (χ3v) is 2.61. The SMILES string of the molecule is CC1(C)[C@H](/C=C(/F)C#N)[C@H]1C(=O)O. The van der Waals surface area contributed by atoms with E-state index in [1.807, 2.05) is 0 Å². The highest BCUT2D eigenvalue weighted by Gasteiger charge is 2.61. The van der Waals surface area contributed by atoms with Gasteiger partial charge in [0.25, 0.3) is 0 Å². The lowest BCUT2D eigenvalue weighted by Crippen LogP contribution is -2.02. The second kappa shape index (κ2) is 2.84. The zero-order chi connectivity index (χ0) is 10.2. The molecule has 0 aromatic rings. The molecule has 0 unspecified atom stereocenters. The summed E-state index contributed by atoms with van der Waals surface area (Å²) in [4.78, 5) is 10.6. The first-order chi connectivity index (χ1) is 5.91. The molecule has 13 heavy (non-hydrogen) atoms. The van der Waals surface area contributed by atoms with Gasteiger partial charge in [-0.2, -0.15) is 9.65 Å². The standard InChI is InChI=1S/C9H10FNO2/c1-9(2)6(3-5(10)4-11)7(9)8(12)13/h3,6-7H,1-2H3,(H,12,13)/b5-3+/t6-,7+/m1/s1.